The Labute approximate surface area is 150 Å². The molecule has 128 valence electrons. The largest absolute Gasteiger partial charge is 0.407 e. The van der Waals surface area contributed by atoms with Gasteiger partial charge in [-0.25, -0.2) is 0 Å². The first kappa shape index (κ1) is 17.2. The van der Waals surface area contributed by atoms with Gasteiger partial charge in [0.1, 0.15) is 0 Å². The van der Waals surface area contributed by atoms with Crippen LogP contribution in [0.2, 0.25) is 0 Å². The van der Waals surface area contributed by atoms with Crippen molar-refractivity contribution in [2.45, 2.75) is 25.2 Å². The zero-order valence-electron chi connectivity index (χ0n) is 14.4. The number of nitrogens with zero attached hydrogens (tertiary/aromatic N) is 2. The molecule has 0 unspecified atom stereocenters. The molecule has 0 saturated heterocycles. The zero-order valence-corrected chi connectivity index (χ0v) is 15.2. The zero-order chi connectivity index (χ0) is 17.8. The van der Waals surface area contributed by atoms with Gasteiger partial charge in [0.2, 0.25) is 5.89 Å². The smallest absolute Gasteiger partial charge is 0.322 e. The van der Waals surface area contributed by atoms with Crippen molar-refractivity contribution in [1.82, 2.24) is 10.2 Å². The van der Waals surface area contributed by atoms with Gasteiger partial charge in [-0.3, -0.25) is 10.1 Å². The summed E-state index contributed by atoms with van der Waals surface area (Å²) in [5.41, 5.74) is 3.85. The minimum Gasteiger partial charge on any atom is -0.407 e. The van der Waals surface area contributed by atoms with E-state index in [1.165, 1.54) is 4.90 Å². The molecule has 0 atom stereocenters. The van der Waals surface area contributed by atoms with Crippen LogP contribution < -0.4 is 5.32 Å². The molecule has 0 aliphatic heterocycles. The second-order valence-electron chi connectivity index (χ2n) is 5.78. The SMILES string of the molecule is CSc1ccc(Cc2nnc(NC(=O)c3ccc(C)c(C)c3)o2)cc1. The van der Waals surface area contributed by atoms with Gasteiger partial charge in [0.15, 0.2) is 0 Å². The molecule has 0 bridgehead atoms. The van der Waals surface area contributed by atoms with Gasteiger partial charge in [0, 0.05) is 10.5 Å². The van der Waals surface area contributed by atoms with Gasteiger partial charge in [0.05, 0.1) is 6.42 Å². The summed E-state index contributed by atoms with van der Waals surface area (Å²) in [5.74, 6) is 0.204. The number of anilines is 1. The first-order valence-electron chi connectivity index (χ1n) is 7.89. The molecule has 25 heavy (non-hydrogen) atoms. The van der Waals surface area contributed by atoms with E-state index in [0.29, 0.717) is 17.9 Å². The van der Waals surface area contributed by atoms with E-state index in [-0.39, 0.29) is 11.9 Å². The van der Waals surface area contributed by atoms with Gasteiger partial charge in [0.25, 0.3) is 5.91 Å². The van der Waals surface area contributed by atoms with Crippen LogP contribution in [0.1, 0.15) is 32.9 Å². The normalized spacial score (nSPS) is 10.7. The summed E-state index contributed by atoms with van der Waals surface area (Å²) in [4.78, 5) is 13.5. The van der Waals surface area contributed by atoms with E-state index in [0.717, 1.165) is 16.7 Å². The third kappa shape index (κ3) is 4.28. The van der Waals surface area contributed by atoms with Crippen LogP contribution in [0.3, 0.4) is 0 Å². The third-order valence-corrected chi connectivity index (χ3v) is 4.71. The number of amides is 1. The number of thioether (sulfide) groups is 1. The molecule has 2 aromatic carbocycles. The quantitative estimate of drug-likeness (QED) is 0.695. The molecule has 1 N–H and O–H groups in total. The standard InChI is InChI=1S/C19H19N3O2S/c1-12-4-7-15(10-13(12)2)18(23)20-19-22-21-17(24-19)11-14-5-8-16(25-3)9-6-14/h4-10H,11H2,1-3H3,(H,20,22,23). The van der Waals surface area contributed by atoms with E-state index >= 15 is 0 Å². The molecule has 1 heterocycles. The van der Waals surface area contributed by atoms with Crippen molar-refractivity contribution in [3.63, 3.8) is 0 Å². The maximum atomic E-state index is 12.3. The van der Waals surface area contributed by atoms with Gasteiger partial charge in [-0.1, -0.05) is 23.3 Å². The number of rotatable bonds is 5. The fourth-order valence-corrected chi connectivity index (χ4v) is 2.75. The lowest BCUT2D eigenvalue weighted by atomic mass is 10.1. The Balaban J connectivity index is 1.66. The number of carbonyl (C=O) groups excluding carboxylic acids is 1. The van der Waals surface area contributed by atoms with Crippen LogP contribution in [0.5, 0.6) is 0 Å². The first-order chi connectivity index (χ1) is 12.0. The molecular formula is C19H19N3O2S. The number of carbonyl (C=O) groups is 1. The number of benzene rings is 2. The van der Waals surface area contributed by atoms with Crippen molar-refractivity contribution < 1.29 is 9.21 Å². The average Bonchev–Trinajstić information content (AvgIpc) is 3.04. The second kappa shape index (κ2) is 7.53. The second-order valence-corrected chi connectivity index (χ2v) is 6.66. The Kier molecular flexibility index (Phi) is 5.19. The van der Waals surface area contributed by atoms with Crippen LogP contribution in [0.4, 0.5) is 6.01 Å². The van der Waals surface area contributed by atoms with Crippen LogP contribution >= 0.6 is 11.8 Å². The molecule has 0 radical (unpaired) electrons. The van der Waals surface area contributed by atoms with Gasteiger partial charge in [-0.15, -0.1) is 16.9 Å². The van der Waals surface area contributed by atoms with E-state index in [1.807, 2.05) is 44.4 Å². The predicted molar refractivity (Wildman–Crippen MR) is 99.2 cm³/mol. The maximum absolute atomic E-state index is 12.3. The van der Waals surface area contributed by atoms with E-state index in [1.54, 1.807) is 17.8 Å². The molecule has 6 heteroatoms. The van der Waals surface area contributed by atoms with Crippen LogP contribution in [0, 0.1) is 13.8 Å². The molecule has 5 nitrogen and oxygen atoms in total. The number of hydrogen-bond acceptors (Lipinski definition) is 5. The molecule has 1 aromatic heterocycles. The minimum atomic E-state index is -0.261. The maximum Gasteiger partial charge on any atom is 0.322 e. The highest BCUT2D eigenvalue weighted by atomic mass is 32.2. The van der Waals surface area contributed by atoms with Crippen molar-refractivity contribution in [2.24, 2.45) is 0 Å². The van der Waals surface area contributed by atoms with Crippen LogP contribution in [-0.2, 0) is 6.42 Å². The van der Waals surface area contributed by atoms with E-state index < -0.39 is 0 Å². The van der Waals surface area contributed by atoms with Crippen molar-refractivity contribution in [1.29, 1.82) is 0 Å². The predicted octanol–water partition coefficient (Wildman–Crippen LogP) is 4.25. The highest BCUT2D eigenvalue weighted by Crippen LogP contribution is 2.18. The Hall–Kier alpha value is -2.60. The van der Waals surface area contributed by atoms with Crippen molar-refractivity contribution in [2.75, 3.05) is 11.6 Å². The van der Waals surface area contributed by atoms with Crippen molar-refractivity contribution >= 4 is 23.7 Å². The Bertz CT molecular complexity index is 888. The molecular weight excluding hydrogens is 334 g/mol. The number of hydrogen-bond donors (Lipinski definition) is 1. The van der Waals surface area contributed by atoms with Crippen molar-refractivity contribution in [3.8, 4) is 0 Å². The summed E-state index contributed by atoms with van der Waals surface area (Å²) in [6.45, 7) is 3.98. The summed E-state index contributed by atoms with van der Waals surface area (Å²) in [6.07, 6.45) is 2.57. The Morgan fingerprint density at radius 1 is 1.08 bits per heavy atom. The first-order valence-corrected chi connectivity index (χ1v) is 9.11. The summed E-state index contributed by atoms with van der Waals surface area (Å²) < 4.78 is 5.53. The molecule has 0 aliphatic carbocycles. The van der Waals surface area contributed by atoms with E-state index in [4.69, 9.17) is 4.42 Å². The third-order valence-electron chi connectivity index (χ3n) is 3.97. The molecule has 3 aromatic rings. The molecule has 0 fully saturated rings. The number of nitrogens with one attached hydrogen (secondary N) is 1. The lowest BCUT2D eigenvalue weighted by Gasteiger charge is -2.04. The molecule has 0 saturated carbocycles. The minimum absolute atomic E-state index is 0.110. The van der Waals surface area contributed by atoms with Crippen LogP contribution in [-0.4, -0.2) is 22.4 Å². The Morgan fingerprint density at radius 2 is 1.84 bits per heavy atom. The highest BCUT2D eigenvalue weighted by molar-refractivity contribution is 7.98. The molecule has 0 aliphatic rings. The highest BCUT2D eigenvalue weighted by Gasteiger charge is 2.12. The Morgan fingerprint density at radius 3 is 2.52 bits per heavy atom. The molecule has 0 spiro atoms. The van der Waals surface area contributed by atoms with Gasteiger partial charge in [-0.05, 0) is 61.1 Å². The fraction of sp³-hybridized carbons (Fsp3) is 0.211. The van der Waals surface area contributed by atoms with Crippen LogP contribution in [0.15, 0.2) is 51.8 Å². The average molecular weight is 353 g/mol. The lowest BCUT2D eigenvalue weighted by molar-refractivity contribution is 0.102. The summed E-state index contributed by atoms with van der Waals surface area (Å²) >= 11 is 1.70. The molecule has 1 amide bonds. The summed E-state index contributed by atoms with van der Waals surface area (Å²) in [5, 5.41) is 10.5. The monoisotopic (exact) mass is 353 g/mol. The van der Waals surface area contributed by atoms with Crippen LogP contribution in [0.25, 0.3) is 0 Å². The van der Waals surface area contributed by atoms with E-state index in [9.17, 15) is 4.79 Å². The van der Waals surface area contributed by atoms with Gasteiger partial charge < -0.3 is 4.42 Å². The topological polar surface area (TPSA) is 68.0 Å². The summed E-state index contributed by atoms with van der Waals surface area (Å²) in [6, 6.07) is 13.8. The summed E-state index contributed by atoms with van der Waals surface area (Å²) in [7, 11) is 0. The number of aryl methyl sites for hydroxylation is 2. The molecule has 3 rings (SSSR count). The fourth-order valence-electron chi connectivity index (χ4n) is 2.35. The van der Waals surface area contributed by atoms with Gasteiger partial charge in [-0.2, -0.15) is 0 Å². The van der Waals surface area contributed by atoms with Gasteiger partial charge >= 0.3 is 6.01 Å². The lowest BCUT2D eigenvalue weighted by Crippen LogP contribution is -2.12. The number of aromatic nitrogens is 2. The van der Waals surface area contributed by atoms with Crippen molar-refractivity contribution in [3.05, 3.63) is 70.6 Å². The van der Waals surface area contributed by atoms with E-state index in [2.05, 4.69) is 27.6 Å².